The Balaban J connectivity index is 1.89. The van der Waals surface area contributed by atoms with Gasteiger partial charge >= 0.3 is 0 Å². The number of pyridine rings is 1. The number of halogens is 1. The molecule has 0 radical (unpaired) electrons. The van der Waals surface area contributed by atoms with E-state index in [1.807, 2.05) is 16.7 Å². The molecule has 26 heavy (non-hydrogen) atoms. The van der Waals surface area contributed by atoms with Gasteiger partial charge < -0.3 is 9.30 Å². The Bertz CT molecular complexity index is 842. The molecule has 2 heterocycles. The van der Waals surface area contributed by atoms with Crippen molar-refractivity contribution >= 4 is 8.07 Å². The maximum absolute atomic E-state index is 13.3. The highest BCUT2D eigenvalue weighted by atomic mass is 28.3. The number of hydrogen-bond acceptors (Lipinski definition) is 3. The molecule has 0 aliphatic carbocycles. The van der Waals surface area contributed by atoms with Crippen LogP contribution in [0.2, 0.25) is 25.7 Å². The number of rotatable bonds is 7. The van der Waals surface area contributed by atoms with Crippen LogP contribution in [0.25, 0.3) is 22.5 Å². The number of hydrogen-bond donors (Lipinski definition) is 0. The predicted octanol–water partition coefficient (Wildman–Crippen LogP) is 5.06. The number of benzene rings is 1. The Kier molecular flexibility index (Phi) is 5.63. The fourth-order valence-electron chi connectivity index (χ4n) is 2.65. The lowest BCUT2D eigenvalue weighted by molar-refractivity contribution is 0.0882. The van der Waals surface area contributed by atoms with E-state index in [1.54, 1.807) is 30.9 Å². The van der Waals surface area contributed by atoms with Crippen LogP contribution in [0.4, 0.5) is 4.39 Å². The van der Waals surface area contributed by atoms with Crippen molar-refractivity contribution in [3.8, 4) is 22.5 Å². The van der Waals surface area contributed by atoms with Crippen molar-refractivity contribution in [2.45, 2.75) is 32.4 Å². The summed E-state index contributed by atoms with van der Waals surface area (Å²) in [5.74, 6) is -0.256. The van der Waals surface area contributed by atoms with Crippen LogP contribution >= 0.6 is 0 Å². The zero-order valence-electron chi connectivity index (χ0n) is 15.4. The van der Waals surface area contributed by atoms with Crippen molar-refractivity contribution in [3.05, 3.63) is 60.9 Å². The average molecular weight is 370 g/mol. The van der Waals surface area contributed by atoms with Crippen molar-refractivity contribution in [3.63, 3.8) is 0 Å². The Labute approximate surface area is 154 Å². The highest BCUT2D eigenvalue weighted by Crippen LogP contribution is 2.31. The number of imidazole rings is 1. The van der Waals surface area contributed by atoms with Crippen LogP contribution in [0.15, 0.2) is 55.1 Å². The molecule has 0 fully saturated rings. The second-order valence-corrected chi connectivity index (χ2v) is 13.1. The van der Waals surface area contributed by atoms with Gasteiger partial charge in [0.15, 0.2) is 0 Å². The van der Waals surface area contributed by atoms with Crippen molar-refractivity contribution in [2.24, 2.45) is 0 Å². The molecule has 0 N–H and O–H groups in total. The molecule has 0 spiro atoms. The molecule has 2 aromatic heterocycles. The van der Waals surface area contributed by atoms with E-state index in [9.17, 15) is 4.39 Å². The maximum atomic E-state index is 13.3. The van der Waals surface area contributed by atoms with Gasteiger partial charge in [-0.1, -0.05) is 19.6 Å². The van der Waals surface area contributed by atoms with Gasteiger partial charge in [-0.05, 0) is 42.4 Å². The summed E-state index contributed by atoms with van der Waals surface area (Å²) >= 11 is 0. The van der Waals surface area contributed by atoms with Gasteiger partial charge in [-0.3, -0.25) is 4.98 Å². The Morgan fingerprint density at radius 3 is 2.35 bits per heavy atom. The zero-order chi connectivity index (χ0) is 18.6. The Hall–Kier alpha value is -2.31. The van der Waals surface area contributed by atoms with Crippen LogP contribution in [-0.4, -0.2) is 29.2 Å². The summed E-state index contributed by atoms with van der Waals surface area (Å²) in [6.45, 7) is 8.19. The molecule has 0 bridgehead atoms. The van der Waals surface area contributed by atoms with E-state index in [0.29, 0.717) is 6.73 Å². The number of aromatic nitrogens is 3. The van der Waals surface area contributed by atoms with E-state index >= 15 is 0 Å². The van der Waals surface area contributed by atoms with Gasteiger partial charge in [0.2, 0.25) is 0 Å². The van der Waals surface area contributed by atoms with E-state index in [0.717, 1.165) is 35.2 Å². The Morgan fingerprint density at radius 1 is 1.00 bits per heavy atom. The summed E-state index contributed by atoms with van der Waals surface area (Å²) in [5.41, 5.74) is 3.64. The average Bonchev–Trinajstić information content (AvgIpc) is 3.03. The molecular weight excluding hydrogens is 345 g/mol. The van der Waals surface area contributed by atoms with E-state index < -0.39 is 8.07 Å². The summed E-state index contributed by atoms with van der Waals surface area (Å²) < 4.78 is 21.2. The lowest BCUT2D eigenvalue weighted by atomic mass is 10.1. The minimum absolute atomic E-state index is 0.256. The molecule has 0 saturated carbocycles. The number of nitrogens with zero attached hydrogens (tertiary/aromatic N) is 3. The van der Waals surface area contributed by atoms with E-state index in [4.69, 9.17) is 4.74 Å². The van der Waals surface area contributed by atoms with E-state index in [2.05, 4.69) is 29.6 Å². The van der Waals surface area contributed by atoms with Crippen molar-refractivity contribution in [1.82, 2.24) is 14.5 Å². The minimum Gasteiger partial charge on any atom is -0.361 e. The lowest BCUT2D eigenvalue weighted by Crippen LogP contribution is -2.22. The third-order valence-corrected chi connectivity index (χ3v) is 5.84. The first kappa shape index (κ1) is 18.5. The molecule has 0 aliphatic rings. The first-order valence-electron chi connectivity index (χ1n) is 8.73. The monoisotopic (exact) mass is 369 g/mol. The zero-order valence-corrected chi connectivity index (χ0v) is 16.4. The summed E-state index contributed by atoms with van der Waals surface area (Å²) in [6.07, 6.45) is 5.29. The van der Waals surface area contributed by atoms with Gasteiger partial charge in [0, 0.05) is 38.2 Å². The molecule has 3 aromatic rings. The van der Waals surface area contributed by atoms with Crippen molar-refractivity contribution in [2.75, 3.05) is 6.61 Å². The fraction of sp³-hybridized carbons (Fsp3) is 0.300. The van der Waals surface area contributed by atoms with Gasteiger partial charge in [-0.15, -0.1) is 0 Å². The molecule has 0 saturated heterocycles. The third-order valence-electron chi connectivity index (χ3n) is 4.14. The van der Waals surface area contributed by atoms with Gasteiger partial charge in [0.1, 0.15) is 12.5 Å². The SMILES string of the molecule is C[Si](C)(C)CCOCn1cnc(-c2ccc(F)cc2)c1-c1ccncc1. The molecule has 3 rings (SSSR count). The molecule has 0 amide bonds. The summed E-state index contributed by atoms with van der Waals surface area (Å²) in [5, 5.41) is 0. The highest BCUT2D eigenvalue weighted by Gasteiger charge is 2.16. The van der Waals surface area contributed by atoms with Crippen LogP contribution in [0.1, 0.15) is 0 Å². The molecule has 0 unspecified atom stereocenters. The fourth-order valence-corrected chi connectivity index (χ4v) is 3.41. The molecule has 1 aromatic carbocycles. The van der Waals surface area contributed by atoms with Crippen LogP contribution in [0.3, 0.4) is 0 Å². The standard InChI is InChI=1S/C20H24FN3OSi/c1-26(2,3)13-12-25-15-24-14-23-19(16-4-6-18(21)7-5-16)20(24)17-8-10-22-11-9-17/h4-11,14H,12-13,15H2,1-3H3. The van der Waals surface area contributed by atoms with Gasteiger partial charge in [0.05, 0.1) is 17.7 Å². The number of ether oxygens (including phenoxy) is 1. The highest BCUT2D eigenvalue weighted by molar-refractivity contribution is 6.76. The van der Waals surface area contributed by atoms with Gasteiger partial charge in [-0.25, -0.2) is 9.37 Å². The molecule has 0 atom stereocenters. The topological polar surface area (TPSA) is 39.9 Å². The van der Waals surface area contributed by atoms with Crippen LogP contribution < -0.4 is 0 Å². The summed E-state index contributed by atoms with van der Waals surface area (Å²) in [7, 11) is -1.12. The molecule has 6 heteroatoms. The van der Waals surface area contributed by atoms with Gasteiger partial charge in [0.25, 0.3) is 0 Å². The van der Waals surface area contributed by atoms with Crippen LogP contribution in [0, 0.1) is 5.82 Å². The second kappa shape index (κ2) is 7.93. The summed E-state index contributed by atoms with van der Waals surface area (Å²) in [4.78, 5) is 8.66. The van der Waals surface area contributed by atoms with Crippen molar-refractivity contribution < 1.29 is 9.13 Å². The normalized spacial score (nSPS) is 11.7. The lowest BCUT2D eigenvalue weighted by Gasteiger charge is -2.16. The molecule has 0 aliphatic heterocycles. The maximum Gasteiger partial charge on any atom is 0.124 e. The largest absolute Gasteiger partial charge is 0.361 e. The third kappa shape index (κ3) is 4.65. The first-order chi connectivity index (χ1) is 12.4. The van der Waals surface area contributed by atoms with Crippen LogP contribution in [0.5, 0.6) is 0 Å². The van der Waals surface area contributed by atoms with Gasteiger partial charge in [-0.2, -0.15) is 0 Å². The smallest absolute Gasteiger partial charge is 0.124 e. The first-order valence-corrected chi connectivity index (χ1v) is 12.4. The van der Waals surface area contributed by atoms with E-state index in [-0.39, 0.29) is 5.82 Å². The predicted molar refractivity (Wildman–Crippen MR) is 105 cm³/mol. The molecule has 136 valence electrons. The second-order valence-electron chi connectivity index (χ2n) is 7.50. The Morgan fingerprint density at radius 2 is 1.69 bits per heavy atom. The van der Waals surface area contributed by atoms with Crippen molar-refractivity contribution in [1.29, 1.82) is 0 Å². The quantitative estimate of drug-likeness (QED) is 0.431. The van der Waals surface area contributed by atoms with Crippen LogP contribution in [-0.2, 0) is 11.5 Å². The molecular formula is C20H24FN3OSi. The minimum atomic E-state index is -1.12. The summed E-state index contributed by atoms with van der Waals surface area (Å²) in [6, 6.07) is 11.4. The van der Waals surface area contributed by atoms with E-state index in [1.165, 1.54) is 12.1 Å². The molecule has 4 nitrogen and oxygen atoms in total.